The highest BCUT2D eigenvalue weighted by atomic mass is 15.1. The standard InChI is InChI=1S/C20H32N2/c1-7-9-10-13-21-15-18-11-12-19(8-2)20(14-18)17(5)22(6)16(3)4/h8,11-12,14,16,21H,2,5,7,9-10,13,15H2,1,3-4,6H3. The van der Waals surface area contributed by atoms with Gasteiger partial charge in [-0.15, -0.1) is 0 Å². The zero-order valence-electron chi connectivity index (χ0n) is 14.8. The lowest BCUT2D eigenvalue weighted by Gasteiger charge is -2.27. The van der Waals surface area contributed by atoms with Crippen molar-refractivity contribution >= 4 is 11.8 Å². The van der Waals surface area contributed by atoms with Crippen molar-refractivity contribution < 1.29 is 0 Å². The minimum atomic E-state index is 0.431. The van der Waals surface area contributed by atoms with E-state index in [4.69, 9.17) is 0 Å². The first kappa shape index (κ1) is 18.5. The van der Waals surface area contributed by atoms with Crippen LogP contribution >= 0.6 is 0 Å². The predicted molar refractivity (Wildman–Crippen MR) is 99.7 cm³/mol. The number of nitrogens with zero attached hydrogens (tertiary/aromatic N) is 1. The second-order valence-electron chi connectivity index (χ2n) is 6.16. The van der Waals surface area contributed by atoms with Crippen LogP contribution in [0.4, 0.5) is 0 Å². The molecule has 0 saturated carbocycles. The molecule has 0 bridgehead atoms. The molecular formula is C20H32N2. The van der Waals surface area contributed by atoms with Crippen molar-refractivity contribution in [2.75, 3.05) is 13.6 Å². The van der Waals surface area contributed by atoms with Gasteiger partial charge in [0.2, 0.25) is 0 Å². The molecule has 0 heterocycles. The fraction of sp³-hybridized carbons (Fsp3) is 0.500. The Hall–Kier alpha value is -1.54. The predicted octanol–water partition coefficient (Wildman–Crippen LogP) is 4.92. The third-order valence-corrected chi connectivity index (χ3v) is 4.14. The number of hydrogen-bond acceptors (Lipinski definition) is 2. The molecule has 1 rings (SSSR count). The van der Waals surface area contributed by atoms with Crippen molar-refractivity contribution in [2.45, 2.75) is 52.6 Å². The molecule has 22 heavy (non-hydrogen) atoms. The van der Waals surface area contributed by atoms with Gasteiger partial charge in [-0.1, -0.05) is 51.1 Å². The second-order valence-corrected chi connectivity index (χ2v) is 6.16. The molecule has 2 nitrogen and oxygen atoms in total. The maximum atomic E-state index is 4.27. The van der Waals surface area contributed by atoms with E-state index in [0.717, 1.165) is 24.4 Å². The number of hydrogen-bond donors (Lipinski definition) is 1. The van der Waals surface area contributed by atoms with Crippen LogP contribution in [-0.2, 0) is 6.54 Å². The quantitative estimate of drug-likeness (QED) is 0.617. The largest absolute Gasteiger partial charge is 0.372 e. The fourth-order valence-electron chi connectivity index (χ4n) is 2.38. The van der Waals surface area contributed by atoms with Crippen LogP contribution < -0.4 is 5.32 Å². The normalized spacial score (nSPS) is 10.8. The van der Waals surface area contributed by atoms with E-state index in [1.165, 1.54) is 30.4 Å². The summed E-state index contributed by atoms with van der Waals surface area (Å²) in [6, 6.07) is 6.99. The Balaban J connectivity index is 2.80. The molecule has 1 aromatic carbocycles. The minimum Gasteiger partial charge on any atom is -0.372 e. The highest BCUT2D eigenvalue weighted by molar-refractivity contribution is 5.72. The van der Waals surface area contributed by atoms with Crippen LogP contribution in [0.2, 0.25) is 0 Å². The number of benzene rings is 1. The molecule has 0 unspecified atom stereocenters. The average molecular weight is 300 g/mol. The molecule has 0 spiro atoms. The van der Waals surface area contributed by atoms with Gasteiger partial charge in [-0.25, -0.2) is 0 Å². The van der Waals surface area contributed by atoms with Crippen LogP contribution in [0.5, 0.6) is 0 Å². The number of unbranched alkanes of at least 4 members (excludes halogenated alkanes) is 2. The Morgan fingerprint density at radius 1 is 1.32 bits per heavy atom. The third kappa shape index (κ3) is 5.34. The molecule has 0 saturated heterocycles. The number of rotatable bonds is 10. The van der Waals surface area contributed by atoms with Gasteiger partial charge >= 0.3 is 0 Å². The summed E-state index contributed by atoms with van der Waals surface area (Å²) in [5.41, 5.74) is 4.68. The molecule has 0 aromatic heterocycles. The lowest BCUT2D eigenvalue weighted by atomic mass is 10.0. The van der Waals surface area contributed by atoms with Gasteiger partial charge < -0.3 is 10.2 Å². The lowest BCUT2D eigenvalue weighted by Crippen LogP contribution is -2.24. The van der Waals surface area contributed by atoms with Crippen LogP contribution in [0, 0.1) is 0 Å². The van der Waals surface area contributed by atoms with Gasteiger partial charge in [0.15, 0.2) is 0 Å². The van der Waals surface area contributed by atoms with Gasteiger partial charge in [-0.05, 0) is 44.0 Å². The van der Waals surface area contributed by atoms with Crippen molar-refractivity contribution in [2.24, 2.45) is 0 Å². The Morgan fingerprint density at radius 3 is 2.64 bits per heavy atom. The number of nitrogens with one attached hydrogen (secondary N) is 1. The zero-order valence-corrected chi connectivity index (χ0v) is 14.8. The molecule has 0 atom stereocenters. The first-order valence-corrected chi connectivity index (χ1v) is 8.39. The van der Waals surface area contributed by atoms with Gasteiger partial charge in [-0.3, -0.25) is 0 Å². The van der Waals surface area contributed by atoms with Crippen LogP contribution in [0.25, 0.3) is 11.8 Å². The zero-order chi connectivity index (χ0) is 16.5. The molecule has 0 radical (unpaired) electrons. The highest BCUT2D eigenvalue weighted by Gasteiger charge is 2.11. The second kappa shape index (κ2) is 9.47. The van der Waals surface area contributed by atoms with Crippen molar-refractivity contribution in [3.05, 3.63) is 48.0 Å². The Kier molecular flexibility index (Phi) is 7.97. The smallest absolute Gasteiger partial charge is 0.0372 e. The van der Waals surface area contributed by atoms with Crippen LogP contribution in [0.1, 0.15) is 56.7 Å². The summed E-state index contributed by atoms with van der Waals surface area (Å²) < 4.78 is 0. The molecule has 0 aliphatic rings. The topological polar surface area (TPSA) is 15.3 Å². The van der Waals surface area contributed by atoms with Crippen molar-refractivity contribution in [3.8, 4) is 0 Å². The maximum absolute atomic E-state index is 4.27. The van der Waals surface area contributed by atoms with E-state index in [0.29, 0.717) is 6.04 Å². The molecule has 0 amide bonds. The van der Waals surface area contributed by atoms with E-state index in [-0.39, 0.29) is 0 Å². The Labute approximate surface area is 136 Å². The Bertz CT molecular complexity index is 488. The molecule has 0 aliphatic heterocycles. The van der Waals surface area contributed by atoms with Crippen LogP contribution in [0.15, 0.2) is 31.4 Å². The summed E-state index contributed by atoms with van der Waals surface area (Å²) in [5, 5.41) is 3.52. The summed E-state index contributed by atoms with van der Waals surface area (Å²) in [6.07, 6.45) is 5.72. The van der Waals surface area contributed by atoms with E-state index in [9.17, 15) is 0 Å². The van der Waals surface area contributed by atoms with Crippen LogP contribution in [0.3, 0.4) is 0 Å². The molecule has 2 heteroatoms. The average Bonchev–Trinajstić information content (AvgIpc) is 2.53. The molecule has 1 N–H and O–H groups in total. The van der Waals surface area contributed by atoms with Gasteiger partial charge in [0.05, 0.1) is 0 Å². The minimum absolute atomic E-state index is 0.431. The highest BCUT2D eigenvalue weighted by Crippen LogP contribution is 2.24. The third-order valence-electron chi connectivity index (χ3n) is 4.14. The first-order valence-electron chi connectivity index (χ1n) is 8.39. The van der Waals surface area contributed by atoms with E-state index in [1.54, 1.807) is 0 Å². The van der Waals surface area contributed by atoms with Crippen LogP contribution in [-0.4, -0.2) is 24.5 Å². The van der Waals surface area contributed by atoms with E-state index in [1.807, 2.05) is 6.08 Å². The Morgan fingerprint density at radius 2 is 2.05 bits per heavy atom. The lowest BCUT2D eigenvalue weighted by molar-refractivity contribution is 0.397. The van der Waals surface area contributed by atoms with E-state index in [2.05, 4.69) is 69.4 Å². The van der Waals surface area contributed by atoms with Crippen molar-refractivity contribution in [1.82, 2.24) is 10.2 Å². The van der Waals surface area contributed by atoms with Crippen molar-refractivity contribution in [3.63, 3.8) is 0 Å². The van der Waals surface area contributed by atoms with Crippen molar-refractivity contribution in [1.29, 1.82) is 0 Å². The molecule has 1 aromatic rings. The van der Waals surface area contributed by atoms with Gasteiger partial charge in [0.25, 0.3) is 0 Å². The summed E-state index contributed by atoms with van der Waals surface area (Å²) in [7, 11) is 2.09. The SMILES string of the molecule is C=Cc1ccc(CNCCCCC)cc1C(=C)N(C)C(C)C. The summed E-state index contributed by atoms with van der Waals surface area (Å²) >= 11 is 0. The van der Waals surface area contributed by atoms with Gasteiger partial charge in [0.1, 0.15) is 0 Å². The van der Waals surface area contributed by atoms with Gasteiger partial charge in [-0.2, -0.15) is 0 Å². The molecule has 122 valence electrons. The summed E-state index contributed by atoms with van der Waals surface area (Å²) in [6.45, 7) is 16.8. The summed E-state index contributed by atoms with van der Waals surface area (Å²) in [4.78, 5) is 2.21. The molecule has 0 fully saturated rings. The summed E-state index contributed by atoms with van der Waals surface area (Å²) in [5.74, 6) is 0. The molecular weight excluding hydrogens is 268 g/mol. The van der Waals surface area contributed by atoms with E-state index >= 15 is 0 Å². The fourth-order valence-corrected chi connectivity index (χ4v) is 2.38. The first-order chi connectivity index (χ1) is 10.5. The molecule has 0 aliphatic carbocycles. The van der Waals surface area contributed by atoms with E-state index < -0.39 is 0 Å². The monoisotopic (exact) mass is 300 g/mol. The van der Waals surface area contributed by atoms with Gasteiger partial charge in [0, 0.05) is 30.9 Å². The maximum Gasteiger partial charge on any atom is 0.0372 e.